The molecule has 1 amide bonds. The van der Waals surface area contributed by atoms with Crippen molar-refractivity contribution >= 4 is 29.0 Å². The third-order valence-corrected chi connectivity index (χ3v) is 8.61. The highest BCUT2D eigenvalue weighted by Gasteiger charge is 2.24. The monoisotopic (exact) mass is 608 g/mol. The second kappa shape index (κ2) is 13.1. The van der Waals surface area contributed by atoms with Gasteiger partial charge in [0, 0.05) is 43.6 Å². The van der Waals surface area contributed by atoms with Crippen molar-refractivity contribution < 1.29 is 14.1 Å². The van der Waals surface area contributed by atoms with Gasteiger partial charge in [-0.05, 0) is 41.5 Å². The van der Waals surface area contributed by atoms with E-state index in [1.54, 1.807) is 35.2 Å². The molecule has 1 saturated heterocycles. The van der Waals surface area contributed by atoms with Gasteiger partial charge in [0.15, 0.2) is 11.0 Å². The highest BCUT2D eigenvalue weighted by Crippen LogP contribution is 2.32. The zero-order valence-electron chi connectivity index (χ0n) is 23.8. The summed E-state index contributed by atoms with van der Waals surface area (Å²) < 4.78 is 16.1. The van der Waals surface area contributed by atoms with Crippen LogP contribution in [0, 0.1) is 15.9 Å². The Morgan fingerprint density at radius 3 is 2.23 bits per heavy atom. The Labute approximate surface area is 258 Å². The Kier molecular flexibility index (Phi) is 8.64. The van der Waals surface area contributed by atoms with Crippen molar-refractivity contribution in [2.24, 2.45) is 0 Å². The van der Waals surface area contributed by atoms with Gasteiger partial charge >= 0.3 is 0 Å². The maximum absolute atomic E-state index is 14.2. The first-order valence-corrected chi connectivity index (χ1v) is 15.2. The van der Waals surface area contributed by atoms with Crippen LogP contribution < -0.4 is 4.90 Å². The fourth-order valence-corrected chi connectivity index (χ4v) is 6.15. The second-order valence-electron chi connectivity index (χ2n) is 10.4. The summed E-state index contributed by atoms with van der Waals surface area (Å²) in [6, 6.07) is 30.6. The predicted molar refractivity (Wildman–Crippen MR) is 168 cm³/mol. The van der Waals surface area contributed by atoms with E-state index >= 15 is 0 Å². The summed E-state index contributed by atoms with van der Waals surface area (Å²) in [7, 11) is 0. The van der Waals surface area contributed by atoms with E-state index < -0.39 is 4.92 Å². The lowest BCUT2D eigenvalue weighted by Gasteiger charge is -2.36. The molecule has 0 N–H and O–H groups in total. The van der Waals surface area contributed by atoms with Crippen LogP contribution in [-0.2, 0) is 12.3 Å². The molecule has 1 aromatic heterocycles. The van der Waals surface area contributed by atoms with Crippen LogP contribution in [0.15, 0.2) is 108 Å². The summed E-state index contributed by atoms with van der Waals surface area (Å²) in [6.45, 7) is 2.63. The van der Waals surface area contributed by atoms with Gasteiger partial charge in [-0.15, -0.1) is 10.2 Å². The van der Waals surface area contributed by atoms with E-state index in [-0.39, 0.29) is 17.4 Å². The SMILES string of the molecule is O=C(c1ccc(CSc2nnc(-c3ccccc3[N+](=O)[O-])n2Cc2ccccc2)cc1)N1CCN(c2ccccc2F)CC1. The van der Waals surface area contributed by atoms with Gasteiger partial charge in [-0.2, -0.15) is 0 Å². The van der Waals surface area contributed by atoms with Gasteiger partial charge in [-0.3, -0.25) is 19.5 Å². The average Bonchev–Trinajstić information content (AvgIpc) is 3.46. The topological polar surface area (TPSA) is 97.4 Å². The summed E-state index contributed by atoms with van der Waals surface area (Å²) in [5.41, 5.74) is 3.56. The number of halogens is 1. The zero-order valence-corrected chi connectivity index (χ0v) is 24.6. The van der Waals surface area contributed by atoms with Gasteiger partial charge in [0.25, 0.3) is 11.6 Å². The second-order valence-corrected chi connectivity index (χ2v) is 11.3. The van der Waals surface area contributed by atoms with Crippen LogP contribution in [0.2, 0.25) is 0 Å². The predicted octanol–water partition coefficient (Wildman–Crippen LogP) is 6.30. The van der Waals surface area contributed by atoms with Gasteiger partial charge < -0.3 is 9.80 Å². The van der Waals surface area contributed by atoms with Crippen molar-refractivity contribution in [2.45, 2.75) is 17.5 Å². The minimum atomic E-state index is -0.407. The number of hydrogen-bond donors (Lipinski definition) is 0. The van der Waals surface area contributed by atoms with E-state index in [1.807, 2.05) is 70.1 Å². The van der Waals surface area contributed by atoms with Crippen LogP contribution in [0.4, 0.5) is 15.8 Å². The van der Waals surface area contributed by atoms with E-state index in [0.29, 0.717) is 66.3 Å². The highest BCUT2D eigenvalue weighted by molar-refractivity contribution is 7.98. The lowest BCUT2D eigenvalue weighted by atomic mass is 10.1. The van der Waals surface area contributed by atoms with Gasteiger partial charge in [-0.25, -0.2) is 4.39 Å². The highest BCUT2D eigenvalue weighted by atomic mass is 32.2. The number of nitrogens with zero attached hydrogens (tertiary/aromatic N) is 6. The van der Waals surface area contributed by atoms with E-state index in [9.17, 15) is 19.3 Å². The van der Waals surface area contributed by atoms with E-state index in [1.165, 1.54) is 23.9 Å². The number of hydrogen-bond acceptors (Lipinski definition) is 7. The van der Waals surface area contributed by atoms with Crippen molar-refractivity contribution in [2.75, 3.05) is 31.1 Å². The lowest BCUT2D eigenvalue weighted by Crippen LogP contribution is -2.49. The lowest BCUT2D eigenvalue weighted by molar-refractivity contribution is -0.384. The number of nitro groups is 1. The van der Waals surface area contributed by atoms with Crippen LogP contribution >= 0.6 is 11.8 Å². The third-order valence-electron chi connectivity index (χ3n) is 7.57. The quantitative estimate of drug-likeness (QED) is 0.110. The van der Waals surface area contributed by atoms with E-state index in [2.05, 4.69) is 10.2 Å². The maximum atomic E-state index is 14.2. The van der Waals surface area contributed by atoms with Crippen molar-refractivity contribution in [3.8, 4) is 11.4 Å². The van der Waals surface area contributed by atoms with Gasteiger partial charge in [0.2, 0.25) is 0 Å². The number of piperazine rings is 1. The van der Waals surface area contributed by atoms with Crippen LogP contribution in [0.5, 0.6) is 0 Å². The Morgan fingerprint density at radius 2 is 1.50 bits per heavy atom. The molecule has 0 atom stereocenters. The number of rotatable bonds is 9. The summed E-state index contributed by atoms with van der Waals surface area (Å²) in [5, 5.41) is 21.2. The molecule has 0 saturated carbocycles. The minimum Gasteiger partial charge on any atom is -0.366 e. The molecule has 11 heteroatoms. The minimum absolute atomic E-state index is 0.0281. The molecule has 222 valence electrons. The van der Waals surface area contributed by atoms with Crippen molar-refractivity contribution in [1.82, 2.24) is 19.7 Å². The largest absolute Gasteiger partial charge is 0.366 e. The Balaban J connectivity index is 1.14. The molecule has 9 nitrogen and oxygen atoms in total. The molecule has 4 aromatic carbocycles. The number of amides is 1. The molecule has 5 aromatic rings. The van der Waals surface area contributed by atoms with Crippen LogP contribution in [-0.4, -0.2) is 56.7 Å². The van der Waals surface area contributed by atoms with E-state index in [4.69, 9.17) is 0 Å². The molecule has 1 aliphatic rings. The van der Waals surface area contributed by atoms with Crippen LogP contribution in [0.25, 0.3) is 11.4 Å². The first-order valence-electron chi connectivity index (χ1n) is 14.2. The summed E-state index contributed by atoms with van der Waals surface area (Å²) >= 11 is 1.48. The number of carbonyl (C=O) groups is 1. The molecule has 0 aliphatic carbocycles. The summed E-state index contributed by atoms with van der Waals surface area (Å²) in [4.78, 5) is 28.3. The summed E-state index contributed by atoms with van der Waals surface area (Å²) in [6.07, 6.45) is 0. The number of aromatic nitrogens is 3. The van der Waals surface area contributed by atoms with Crippen LogP contribution in [0.3, 0.4) is 0 Å². The number of para-hydroxylation sites is 2. The number of thioether (sulfide) groups is 1. The molecule has 0 unspecified atom stereocenters. The number of anilines is 1. The molecule has 0 bridgehead atoms. The first kappa shape index (κ1) is 29.1. The smallest absolute Gasteiger partial charge is 0.280 e. The van der Waals surface area contributed by atoms with Crippen LogP contribution in [0.1, 0.15) is 21.5 Å². The van der Waals surface area contributed by atoms with E-state index in [0.717, 1.165) is 11.1 Å². The van der Waals surface area contributed by atoms with Crippen molar-refractivity contribution in [3.63, 3.8) is 0 Å². The fraction of sp³-hybridized carbons (Fsp3) is 0.182. The Morgan fingerprint density at radius 1 is 0.818 bits per heavy atom. The zero-order chi connectivity index (χ0) is 30.5. The molecule has 0 radical (unpaired) electrons. The molecule has 0 spiro atoms. The number of benzene rings is 4. The normalized spacial score (nSPS) is 13.2. The molecule has 44 heavy (non-hydrogen) atoms. The maximum Gasteiger partial charge on any atom is 0.280 e. The molecule has 2 heterocycles. The van der Waals surface area contributed by atoms with Gasteiger partial charge in [0.1, 0.15) is 5.82 Å². The molecule has 1 aliphatic heterocycles. The number of nitro benzene ring substituents is 1. The molecule has 1 fully saturated rings. The number of carbonyl (C=O) groups excluding carboxylic acids is 1. The third kappa shape index (κ3) is 6.32. The summed E-state index contributed by atoms with van der Waals surface area (Å²) in [5.74, 6) is 0.699. The van der Waals surface area contributed by atoms with Gasteiger partial charge in [-0.1, -0.05) is 78.5 Å². The molecular weight excluding hydrogens is 579 g/mol. The van der Waals surface area contributed by atoms with Crippen molar-refractivity contribution in [3.05, 3.63) is 136 Å². The Hall–Kier alpha value is -5.03. The standard InChI is InChI=1S/C33H29FN6O3S/c34-28-11-5-7-13-30(28)37-18-20-38(21-19-37)32(41)26-16-14-25(15-17-26)23-44-33-36-35-31(27-10-4-6-12-29(27)40(42)43)39(33)22-24-8-2-1-3-9-24/h1-17H,18-23H2. The first-order chi connectivity index (χ1) is 21.5. The average molecular weight is 609 g/mol. The molecular formula is C33H29FN6O3S. The Bertz CT molecular complexity index is 1770. The van der Waals surface area contributed by atoms with Gasteiger partial charge in [0.05, 0.1) is 22.7 Å². The molecule has 6 rings (SSSR count). The van der Waals surface area contributed by atoms with Crippen molar-refractivity contribution in [1.29, 1.82) is 0 Å². The fourth-order valence-electron chi connectivity index (χ4n) is 5.26.